The van der Waals surface area contributed by atoms with E-state index in [1.165, 1.54) is 4.68 Å². The van der Waals surface area contributed by atoms with Gasteiger partial charge in [-0.05, 0) is 59.9 Å². The number of H-pyrrole nitrogens is 1. The molecular weight excluding hydrogens is 402 g/mol. The summed E-state index contributed by atoms with van der Waals surface area (Å²) < 4.78 is 3.14. The molecule has 4 aromatic rings. The van der Waals surface area contributed by atoms with Gasteiger partial charge in [0.15, 0.2) is 5.82 Å². The number of hydrogen-bond donors (Lipinski definition) is 1. The van der Waals surface area contributed by atoms with E-state index in [0.717, 1.165) is 22.3 Å². The number of aromatic nitrogens is 7. The second-order valence-corrected chi connectivity index (χ2v) is 8.46. The first-order chi connectivity index (χ1) is 15.4. The van der Waals surface area contributed by atoms with Crippen LogP contribution in [0.15, 0.2) is 53.3 Å². The average molecular weight is 428 g/mol. The van der Waals surface area contributed by atoms with Crippen molar-refractivity contribution in [2.75, 3.05) is 0 Å². The van der Waals surface area contributed by atoms with Gasteiger partial charge >= 0.3 is 5.69 Å². The third-order valence-electron chi connectivity index (χ3n) is 4.98. The summed E-state index contributed by atoms with van der Waals surface area (Å²) in [5.74, 6) is 7.18. The third kappa shape index (κ3) is 4.37. The molecule has 0 radical (unpaired) electrons. The van der Waals surface area contributed by atoms with Crippen molar-refractivity contribution in [3.63, 3.8) is 0 Å². The Morgan fingerprint density at radius 3 is 2.44 bits per heavy atom. The summed E-state index contributed by atoms with van der Waals surface area (Å²) in [5.41, 5.74) is 3.45. The van der Waals surface area contributed by atoms with Crippen LogP contribution in [0.2, 0.25) is 0 Å². The Morgan fingerprint density at radius 2 is 1.78 bits per heavy atom. The standard InChI is InChI=1S/C24H25N7O/c1-5-6-10-21-27-31(24(2,3)4)23(32)30(21)16-17-11-13-18(14-12-17)19-8-7-9-20(15-19)22-25-28-29-26-22/h7-9,11-15H,5,16H2,1-4H3,(H,25,26,28,29). The highest BCUT2D eigenvalue weighted by molar-refractivity contribution is 5.70. The maximum Gasteiger partial charge on any atom is 0.347 e. The molecule has 0 aliphatic heterocycles. The lowest BCUT2D eigenvalue weighted by Crippen LogP contribution is -2.35. The van der Waals surface area contributed by atoms with Crippen LogP contribution >= 0.6 is 0 Å². The van der Waals surface area contributed by atoms with Crippen molar-refractivity contribution < 1.29 is 0 Å². The van der Waals surface area contributed by atoms with E-state index in [2.05, 4.69) is 37.6 Å². The van der Waals surface area contributed by atoms with E-state index in [4.69, 9.17) is 0 Å². The number of nitrogens with one attached hydrogen (secondary N) is 1. The summed E-state index contributed by atoms with van der Waals surface area (Å²) in [6, 6.07) is 16.1. The quantitative estimate of drug-likeness (QED) is 0.504. The molecule has 8 heteroatoms. The van der Waals surface area contributed by atoms with Crippen LogP contribution in [0.5, 0.6) is 0 Å². The summed E-state index contributed by atoms with van der Waals surface area (Å²) in [6.07, 6.45) is 0.703. The number of rotatable bonds is 4. The lowest BCUT2D eigenvalue weighted by atomic mass is 10.0. The van der Waals surface area contributed by atoms with Crippen molar-refractivity contribution in [3.05, 3.63) is 70.4 Å². The Bertz CT molecular complexity index is 1330. The van der Waals surface area contributed by atoms with E-state index < -0.39 is 5.54 Å². The highest BCUT2D eigenvalue weighted by Gasteiger charge is 2.22. The average Bonchev–Trinajstić information content (AvgIpc) is 3.42. The smallest absolute Gasteiger partial charge is 0.264 e. The molecule has 2 aromatic heterocycles. The number of tetrazole rings is 1. The normalized spacial score (nSPS) is 11.2. The number of hydrogen-bond acceptors (Lipinski definition) is 5. The zero-order chi connectivity index (χ0) is 22.7. The molecule has 8 nitrogen and oxygen atoms in total. The van der Waals surface area contributed by atoms with Crippen molar-refractivity contribution in [3.8, 4) is 34.4 Å². The first-order valence-electron chi connectivity index (χ1n) is 10.5. The molecule has 0 saturated carbocycles. The van der Waals surface area contributed by atoms with E-state index in [0.29, 0.717) is 24.6 Å². The molecule has 0 saturated heterocycles. The maximum atomic E-state index is 13.0. The fourth-order valence-electron chi connectivity index (χ4n) is 3.35. The molecule has 2 aromatic carbocycles. The van der Waals surface area contributed by atoms with Gasteiger partial charge in [-0.3, -0.25) is 4.57 Å². The zero-order valence-corrected chi connectivity index (χ0v) is 18.6. The minimum Gasteiger partial charge on any atom is -0.264 e. The fraction of sp³-hybridized carbons (Fsp3) is 0.292. The summed E-state index contributed by atoms with van der Waals surface area (Å²) in [7, 11) is 0. The summed E-state index contributed by atoms with van der Waals surface area (Å²) in [4.78, 5) is 13.0. The van der Waals surface area contributed by atoms with Gasteiger partial charge in [0.2, 0.25) is 5.82 Å². The van der Waals surface area contributed by atoms with Crippen molar-refractivity contribution >= 4 is 0 Å². The van der Waals surface area contributed by atoms with Gasteiger partial charge in [0.05, 0.1) is 12.1 Å². The molecule has 4 rings (SSSR count). The molecule has 0 aliphatic carbocycles. The molecule has 1 N–H and O–H groups in total. The summed E-state index contributed by atoms with van der Waals surface area (Å²) >= 11 is 0. The van der Waals surface area contributed by atoms with E-state index in [1.807, 2.05) is 76.2 Å². The van der Waals surface area contributed by atoms with Gasteiger partial charge in [-0.15, -0.1) is 10.2 Å². The summed E-state index contributed by atoms with van der Waals surface area (Å²) in [6.45, 7) is 8.26. The number of aromatic amines is 1. The van der Waals surface area contributed by atoms with Crippen LogP contribution in [-0.4, -0.2) is 35.0 Å². The van der Waals surface area contributed by atoms with Crippen molar-refractivity contribution in [1.29, 1.82) is 0 Å². The molecule has 0 spiro atoms. The van der Waals surface area contributed by atoms with E-state index in [1.54, 1.807) is 4.57 Å². The highest BCUT2D eigenvalue weighted by atomic mass is 16.2. The molecule has 0 aliphatic rings. The minimum atomic E-state index is -0.418. The van der Waals surface area contributed by atoms with Crippen LogP contribution in [0.3, 0.4) is 0 Å². The first-order valence-corrected chi connectivity index (χ1v) is 10.5. The topological polar surface area (TPSA) is 94.3 Å². The van der Waals surface area contributed by atoms with Crippen LogP contribution < -0.4 is 5.69 Å². The zero-order valence-electron chi connectivity index (χ0n) is 18.6. The molecular formula is C24H25N7O. The molecule has 0 amide bonds. The van der Waals surface area contributed by atoms with Gasteiger partial charge in [0, 0.05) is 12.0 Å². The Labute approximate surface area is 186 Å². The molecule has 0 unspecified atom stereocenters. The monoisotopic (exact) mass is 427 g/mol. The molecule has 32 heavy (non-hydrogen) atoms. The van der Waals surface area contributed by atoms with Crippen LogP contribution in [0.25, 0.3) is 22.5 Å². The van der Waals surface area contributed by atoms with Crippen molar-refractivity contribution in [2.45, 2.75) is 46.2 Å². The first kappa shape index (κ1) is 21.2. The van der Waals surface area contributed by atoms with Gasteiger partial charge in [0.25, 0.3) is 0 Å². The van der Waals surface area contributed by atoms with Gasteiger partial charge < -0.3 is 0 Å². The molecule has 162 valence electrons. The minimum absolute atomic E-state index is 0.157. The van der Waals surface area contributed by atoms with Crippen LogP contribution in [-0.2, 0) is 12.1 Å². The van der Waals surface area contributed by atoms with Gasteiger partial charge in [-0.1, -0.05) is 55.3 Å². The van der Waals surface area contributed by atoms with Crippen molar-refractivity contribution in [1.82, 2.24) is 35.0 Å². The second kappa shape index (κ2) is 8.63. The molecule has 2 heterocycles. The largest absolute Gasteiger partial charge is 0.347 e. The number of nitrogens with zero attached hydrogens (tertiary/aromatic N) is 6. The Hall–Kier alpha value is -3.99. The third-order valence-corrected chi connectivity index (χ3v) is 4.98. The van der Waals surface area contributed by atoms with E-state index in [9.17, 15) is 4.79 Å². The van der Waals surface area contributed by atoms with Crippen molar-refractivity contribution in [2.24, 2.45) is 0 Å². The second-order valence-electron chi connectivity index (χ2n) is 8.46. The Kier molecular flexibility index (Phi) is 5.73. The maximum absolute atomic E-state index is 13.0. The van der Waals surface area contributed by atoms with E-state index in [-0.39, 0.29) is 5.69 Å². The summed E-state index contributed by atoms with van der Waals surface area (Å²) in [5, 5.41) is 18.5. The fourth-order valence-corrected chi connectivity index (χ4v) is 3.35. The Balaban J connectivity index is 1.63. The predicted molar refractivity (Wildman–Crippen MR) is 123 cm³/mol. The van der Waals surface area contributed by atoms with Crippen LogP contribution in [0, 0.1) is 11.8 Å². The lowest BCUT2D eigenvalue weighted by Gasteiger charge is -2.16. The van der Waals surface area contributed by atoms with Gasteiger partial charge in [-0.25, -0.2) is 14.6 Å². The van der Waals surface area contributed by atoms with Gasteiger partial charge in [-0.2, -0.15) is 0 Å². The Morgan fingerprint density at radius 1 is 1.03 bits per heavy atom. The number of benzene rings is 2. The predicted octanol–water partition coefficient (Wildman–Crippen LogP) is 3.46. The van der Waals surface area contributed by atoms with Crippen LogP contribution in [0.1, 0.15) is 45.5 Å². The molecule has 0 atom stereocenters. The highest BCUT2D eigenvalue weighted by Crippen LogP contribution is 2.24. The molecule has 0 bridgehead atoms. The SMILES string of the molecule is CCC#Cc1nn(C(C)(C)C)c(=O)n1Cc1ccc(-c2cccc(-c3nnn[nH]3)c2)cc1. The van der Waals surface area contributed by atoms with Gasteiger partial charge in [0.1, 0.15) is 0 Å². The van der Waals surface area contributed by atoms with E-state index >= 15 is 0 Å². The lowest BCUT2D eigenvalue weighted by molar-refractivity contribution is 0.340. The molecule has 0 fully saturated rings. The van der Waals surface area contributed by atoms with Crippen LogP contribution in [0.4, 0.5) is 0 Å².